The van der Waals surface area contributed by atoms with Gasteiger partial charge >= 0.3 is 0 Å². The lowest BCUT2D eigenvalue weighted by molar-refractivity contribution is 0.117. The Kier molecular flexibility index (Phi) is 6.00. The fourth-order valence-corrected chi connectivity index (χ4v) is 2.19. The van der Waals surface area contributed by atoms with Crippen molar-refractivity contribution in [2.24, 2.45) is 0 Å². The van der Waals surface area contributed by atoms with E-state index < -0.39 is 6.10 Å². The van der Waals surface area contributed by atoms with Gasteiger partial charge in [0.25, 0.3) is 0 Å². The van der Waals surface area contributed by atoms with Crippen molar-refractivity contribution >= 4 is 40.5 Å². The fourth-order valence-electron chi connectivity index (χ4n) is 1.67. The zero-order chi connectivity index (χ0) is 15.2. The molecule has 112 valence electrons. The Morgan fingerprint density at radius 1 is 1.05 bits per heavy atom. The molecule has 1 unspecified atom stereocenters. The van der Waals surface area contributed by atoms with E-state index in [1.807, 2.05) is 12.1 Å². The fraction of sp³-hybridized carbons (Fsp3) is 0.200. The molecule has 0 saturated carbocycles. The Balaban J connectivity index is 1.82. The quantitative estimate of drug-likeness (QED) is 0.809. The van der Waals surface area contributed by atoms with Crippen LogP contribution in [0.4, 0.5) is 5.69 Å². The molecule has 2 N–H and O–H groups in total. The summed E-state index contributed by atoms with van der Waals surface area (Å²) in [7, 11) is 0. The number of anilines is 1. The van der Waals surface area contributed by atoms with Crippen molar-refractivity contribution in [2.45, 2.75) is 6.10 Å². The Morgan fingerprint density at radius 2 is 1.81 bits per heavy atom. The molecule has 3 nitrogen and oxygen atoms in total. The normalized spacial score (nSPS) is 12.0. The van der Waals surface area contributed by atoms with Crippen LogP contribution < -0.4 is 10.1 Å². The largest absolute Gasteiger partial charge is 0.489 e. The first kappa shape index (κ1) is 16.2. The van der Waals surface area contributed by atoms with Gasteiger partial charge in [0.05, 0.1) is 5.02 Å². The molecule has 0 aliphatic heterocycles. The number of rotatable bonds is 6. The molecule has 0 heterocycles. The summed E-state index contributed by atoms with van der Waals surface area (Å²) in [5, 5.41) is 14.6. The number of ether oxygens (including phenoxy) is 1. The molecule has 0 spiro atoms. The third-order valence-corrected chi connectivity index (χ3v) is 3.47. The minimum absolute atomic E-state index is 0.105. The SMILES string of the molecule is OC(CNc1cccc(Cl)c1)COc1cc(Cl)ccc1Cl. The second-order valence-corrected chi connectivity index (χ2v) is 5.71. The van der Waals surface area contributed by atoms with Crippen molar-refractivity contribution < 1.29 is 9.84 Å². The molecule has 21 heavy (non-hydrogen) atoms. The van der Waals surface area contributed by atoms with Gasteiger partial charge in [-0.15, -0.1) is 0 Å². The Morgan fingerprint density at radius 3 is 2.57 bits per heavy atom. The number of benzene rings is 2. The molecule has 2 aromatic carbocycles. The van der Waals surface area contributed by atoms with E-state index >= 15 is 0 Å². The highest BCUT2D eigenvalue weighted by molar-refractivity contribution is 6.34. The van der Waals surface area contributed by atoms with Crippen molar-refractivity contribution in [3.63, 3.8) is 0 Å². The van der Waals surface area contributed by atoms with E-state index in [9.17, 15) is 5.11 Å². The highest BCUT2D eigenvalue weighted by Gasteiger charge is 2.08. The van der Waals surface area contributed by atoms with E-state index in [0.717, 1.165) is 5.69 Å². The molecule has 2 aromatic rings. The summed E-state index contributed by atoms with van der Waals surface area (Å²) >= 11 is 17.7. The van der Waals surface area contributed by atoms with E-state index in [0.29, 0.717) is 27.4 Å². The van der Waals surface area contributed by atoms with E-state index in [4.69, 9.17) is 39.5 Å². The maximum absolute atomic E-state index is 9.90. The molecule has 0 aliphatic carbocycles. The van der Waals surface area contributed by atoms with Gasteiger partial charge in [0.1, 0.15) is 18.5 Å². The molecule has 0 radical (unpaired) electrons. The van der Waals surface area contributed by atoms with Gasteiger partial charge in [-0.2, -0.15) is 0 Å². The van der Waals surface area contributed by atoms with Crippen LogP contribution in [0.2, 0.25) is 15.1 Å². The van der Waals surface area contributed by atoms with Crippen LogP contribution in [0, 0.1) is 0 Å². The standard InChI is InChI=1S/C15H14Cl3NO2/c16-10-2-1-3-12(6-10)19-8-13(20)9-21-15-7-11(17)4-5-14(15)18/h1-7,13,19-20H,8-9H2. The van der Waals surface area contributed by atoms with Gasteiger partial charge in [-0.05, 0) is 30.3 Å². The van der Waals surface area contributed by atoms with Gasteiger partial charge < -0.3 is 15.2 Å². The van der Waals surface area contributed by atoms with Crippen LogP contribution >= 0.6 is 34.8 Å². The lowest BCUT2D eigenvalue weighted by Crippen LogP contribution is -2.26. The number of aliphatic hydroxyl groups excluding tert-OH is 1. The maximum Gasteiger partial charge on any atom is 0.139 e. The zero-order valence-electron chi connectivity index (χ0n) is 11.0. The minimum atomic E-state index is -0.695. The molecule has 0 saturated heterocycles. The summed E-state index contributed by atoms with van der Waals surface area (Å²) < 4.78 is 5.46. The Bertz CT molecular complexity index is 607. The number of nitrogens with one attached hydrogen (secondary N) is 1. The molecule has 0 bridgehead atoms. The topological polar surface area (TPSA) is 41.5 Å². The number of hydrogen-bond acceptors (Lipinski definition) is 3. The van der Waals surface area contributed by atoms with Crippen LogP contribution in [0.25, 0.3) is 0 Å². The van der Waals surface area contributed by atoms with Crippen molar-refractivity contribution in [3.8, 4) is 5.75 Å². The van der Waals surface area contributed by atoms with Crippen LogP contribution in [0.3, 0.4) is 0 Å². The molecule has 0 aromatic heterocycles. The Labute approximate surface area is 138 Å². The first-order valence-electron chi connectivity index (χ1n) is 6.30. The molecule has 1 atom stereocenters. The van der Waals surface area contributed by atoms with Crippen molar-refractivity contribution in [2.75, 3.05) is 18.5 Å². The van der Waals surface area contributed by atoms with E-state index in [1.165, 1.54) is 0 Å². The van der Waals surface area contributed by atoms with Crippen LogP contribution in [0.5, 0.6) is 5.75 Å². The monoisotopic (exact) mass is 345 g/mol. The first-order chi connectivity index (χ1) is 10.0. The third kappa shape index (κ3) is 5.29. The van der Waals surface area contributed by atoms with Gasteiger partial charge in [-0.25, -0.2) is 0 Å². The number of hydrogen-bond donors (Lipinski definition) is 2. The van der Waals surface area contributed by atoms with Gasteiger partial charge in [0.2, 0.25) is 0 Å². The Hall–Kier alpha value is -1.13. The smallest absolute Gasteiger partial charge is 0.139 e. The van der Waals surface area contributed by atoms with E-state index in [2.05, 4.69) is 5.32 Å². The van der Waals surface area contributed by atoms with E-state index in [1.54, 1.807) is 30.3 Å². The van der Waals surface area contributed by atoms with Crippen molar-refractivity contribution in [3.05, 3.63) is 57.5 Å². The number of aliphatic hydroxyl groups is 1. The first-order valence-corrected chi connectivity index (χ1v) is 7.43. The van der Waals surface area contributed by atoms with Gasteiger partial charge in [-0.3, -0.25) is 0 Å². The summed E-state index contributed by atoms with van der Waals surface area (Å²) in [6.07, 6.45) is -0.695. The van der Waals surface area contributed by atoms with Crippen LogP contribution in [0.1, 0.15) is 0 Å². The highest BCUT2D eigenvalue weighted by Crippen LogP contribution is 2.27. The van der Waals surface area contributed by atoms with Crippen molar-refractivity contribution in [1.82, 2.24) is 0 Å². The number of halogens is 3. The molecule has 0 aliphatic rings. The lowest BCUT2D eigenvalue weighted by atomic mass is 10.3. The second-order valence-electron chi connectivity index (χ2n) is 4.43. The average Bonchev–Trinajstić information content (AvgIpc) is 2.46. The van der Waals surface area contributed by atoms with E-state index in [-0.39, 0.29) is 6.61 Å². The molecule has 0 fully saturated rings. The van der Waals surface area contributed by atoms with Gasteiger partial charge in [0, 0.05) is 28.3 Å². The van der Waals surface area contributed by atoms with Gasteiger partial charge in [-0.1, -0.05) is 40.9 Å². The lowest BCUT2D eigenvalue weighted by Gasteiger charge is -2.15. The minimum Gasteiger partial charge on any atom is -0.489 e. The van der Waals surface area contributed by atoms with Gasteiger partial charge in [0.15, 0.2) is 0 Å². The van der Waals surface area contributed by atoms with Crippen LogP contribution in [-0.4, -0.2) is 24.4 Å². The molecule has 0 amide bonds. The molecule has 6 heteroatoms. The zero-order valence-corrected chi connectivity index (χ0v) is 13.3. The molecule has 2 rings (SSSR count). The maximum atomic E-state index is 9.90. The summed E-state index contributed by atoms with van der Waals surface area (Å²) in [5.74, 6) is 0.450. The second kappa shape index (κ2) is 7.76. The highest BCUT2D eigenvalue weighted by atomic mass is 35.5. The molecular formula is C15H14Cl3NO2. The van der Waals surface area contributed by atoms with Crippen LogP contribution in [-0.2, 0) is 0 Å². The van der Waals surface area contributed by atoms with Crippen LogP contribution in [0.15, 0.2) is 42.5 Å². The average molecular weight is 347 g/mol. The van der Waals surface area contributed by atoms with Crippen molar-refractivity contribution in [1.29, 1.82) is 0 Å². The summed E-state index contributed by atoms with van der Waals surface area (Å²) in [6.45, 7) is 0.437. The third-order valence-electron chi connectivity index (χ3n) is 2.69. The predicted octanol–water partition coefficient (Wildman–Crippen LogP) is 4.50. The molecular weight excluding hydrogens is 333 g/mol. The predicted molar refractivity (Wildman–Crippen MR) is 87.9 cm³/mol. The summed E-state index contributed by atoms with van der Waals surface area (Å²) in [5.41, 5.74) is 0.835. The summed E-state index contributed by atoms with van der Waals surface area (Å²) in [4.78, 5) is 0. The summed E-state index contributed by atoms with van der Waals surface area (Å²) in [6, 6.07) is 12.2.